The van der Waals surface area contributed by atoms with Crippen LogP contribution in [0.2, 0.25) is 0 Å². The van der Waals surface area contributed by atoms with E-state index in [0.29, 0.717) is 18.6 Å². The normalized spacial score (nSPS) is 12.0. The molecule has 1 atom stereocenters. The van der Waals surface area contributed by atoms with E-state index < -0.39 is 5.92 Å². The zero-order chi connectivity index (χ0) is 32.5. The summed E-state index contributed by atoms with van der Waals surface area (Å²) in [7, 11) is 0. The molecule has 0 aliphatic carbocycles. The number of carbonyl (C=O) groups is 1. The number of phenols is 4. The number of aromatic hydroxyl groups is 4. The lowest BCUT2D eigenvalue weighted by molar-refractivity contribution is -0.116. The van der Waals surface area contributed by atoms with Crippen LogP contribution >= 0.6 is 0 Å². The maximum absolute atomic E-state index is 13.6. The van der Waals surface area contributed by atoms with Crippen molar-refractivity contribution < 1.29 is 30.0 Å². The Hall–Kier alpha value is -5.23. The van der Waals surface area contributed by atoms with Crippen molar-refractivity contribution in [2.75, 3.05) is 6.61 Å². The molecule has 46 heavy (non-hydrogen) atoms. The Bertz CT molecular complexity index is 1820. The van der Waals surface area contributed by atoms with Crippen LogP contribution in [0.3, 0.4) is 0 Å². The maximum atomic E-state index is 13.6. The van der Waals surface area contributed by atoms with E-state index in [4.69, 9.17) is 4.74 Å². The van der Waals surface area contributed by atoms with Crippen LogP contribution in [-0.2, 0) is 17.6 Å². The smallest absolute Gasteiger partial charge is 0.163 e. The van der Waals surface area contributed by atoms with E-state index in [1.54, 1.807) is 66.7 Å². The van der Waals surface area contributed by atoms with E-state index in [-0.39, 0.29) is 35.4 Å². The second kappa shape index (κ2) is 15.2. The number of allylic oxidation sites excluding steroid dienone is 2. The highest BCUT2D eigenvalue weighted by molar-refractivity contribution is 5.96. The van der Waals surface area contributed by atoms with Crippen molar-refractivity contribution in [1.82, 2.24) is 0 Å². The van der Waals surface area contributed by atoms with Crippen molar-refractivity contribution >= 4 is 16.6 Å². The number of fused-ring (bicyclic) bond motifs is 1. The standard InChI is InChI=1S/C40H40O6/c1-2-3-4-5-6-7-38(44)37(31-10-9-28-11-17-34(42)25-32(28)24-31)22-27-8-19-39(45)40(23-27)46-21-20-30-14-18-35(43)26-36(30)29-12-15-33(41)16-13-29/h6-19,23-26,37,41-43,45H,2-5,20-22H2,1H3/t37-/m1/s1. The van der Waals surface area contributed by atoms with E-state index in [0.717, 1.165) is 64.3 Å². The van der Waals surface area contributed by atoms with Gasteiger partial charge in [-0.05, 0) is 112 Å². The molecule has 236 valence electrons. The maximum Gasteiger partial charge on any atom is 0.163 e. The van der Waals surface area contributed by atoms with E-state index in [9.17, 15) is 25.2 Å². The molecule has 0 aliphatic rings. The molecule has 6 nitrogen and oxygen atoms in total. The predicted octanol–water partition coefficient (Wildman–Crippen LogP) is 8.98. The van der Waals surface area contributed by atoms with E-state index >= 15 is 0 Å². The second-order valence-corrected chi connectivity index (χ2v) is 11.6. The summed E-state index contributed by atoms with van der Waals surface area (Å²) in [4.78, 5) is 13.6. The molecule has 0 heterocycles. The van der Waals surface area contributed by atoms with Gasteiger partial charge >= 0.3 is 0 Å². The lowest BCUT2D eigenvalue weighted by Crippen LogP contribution is -2.13. The average molecular weight is 617 g/mol. The molecule has 0 amide bonds. The first-order valence-electron chi connectivity index (χ1n) is 15.8. The number of carbonyl (C=O) groups excluding carboxylic acids is 1. The Kier molecular flexibility index (Phi) is 10.6. The fourth-order valence-corrected chi connectivity index (χ4v) is 5.68. The van der Waals surface area contributed by atoms with E-state index in [1.807, 2.05) is 42.5 Å². The Morgan fingerprint density at radius 3 is 2.30 bits per heavy atom. The average Bonchev–Trinajstić information content (AvgIpc) is 3.05. The summed E-state index contributed by atoms with van der Waals surface area (Å²) in [5.41, 5.74) is 4.32. The summed E-state index contributed by atoms with van der Waals surface area (Å²) in [6.07, 6.45) is 8.69. The fourth-order valence-electron chi connectivity index (χ4n) is 5.68. The first-order chi connectivity index (χ1) is 22.3. The van der Waals surface area contributed by atoms with Crippen LogP contribution in [0.1, 0.15) is 55.2 Å². The van der Waals surface area contributed by atoms with Crippen LogP contribution in [-0.4, -0.2) is 32.8 Å². The van der Waals surface area contributed by atoms with Gasteiger partial charge in [0.25, 0.3) is 0 Å². The summed E-state index contributed by atoms with van der Waals surface area (Å²) < 4.78 is 6.06. The third-order valence-electron chi connectivity index (χ3n) is 8.21. The van der Waals surface area contributed by atoms with Gasteiger partial charge in [0.05, 0.1) is 12.5 Å². The van der Waals surface area contributed by atoms with Gasteiger partial charge in [-0.1, -0.05) is 74.4 Å². The van der Waals surface area contributed by atoms with Crippen molar-refractivity contribution in [1.29, 1.82) is 0 Å². The topological polar surface area (TPSA) is 107 Å². The molecular weight excluding hydrogens is 576 g/mol. The molecule has 0 radical (unpaired) electrons. The molecule has 0 bridgehead atoms. The van der Waals surface area contributed by atoms with Gasteiger partial charge in [0, 0.05) is 6.42 Å². The summed E-state index contributed by atoms with van der Waals surface area (Å²) in [5, 5.41) is 42.3. The molecule has 4 N–H and O–H groups in total. The summed E-state index contributed by atoms with van der Waals surface area (Å²) in [6, 6.07) is 28.2. The highest BCUT2D eigenvalue weighted by Crippen LogP contribution is 2.33. The molecule has 0 unspecified atom stereocenters. The zero-order valence-corrected chi connectivity index (χ0v) is 26.0. The highest BCUT2D eigenvalue weighted by Gasteiger charge is 2.21. The van der Waals surface area contributed by atoms with Crippen molar-refractivity contribution in [3.63, 3.8) is 0 Å². The largest absolute Gasteiger partial charge is 0.508 e. The number of ether oxygens (including phenoxy) is 1. The van der Waals surface area contributed by atoms with Gasteiger partial charge in [-0.3, -0.25) is 4.79 Å². The van der Waals surface area contributed by atoms with Crippen LogP contribution in [0.25, 0.3) is 21.9 Å². The van der Waals surface area contributed by atoms with E-state index in [2.05, 4.69) is 6.92 Å². The van der Waals surface area contributed by atoms with Gasteiger partial charge in [-0.2, -0.15) is 0 Å². The van der Waals surface area contributed by atoms with Crippen LogP contribution in [0.4, 0.5) is 0 Å². The summed E-state index contributed by atoms with van der Waals surface area (Å²) in [6.45, 7) is 2.42. The summed E-state index contributed by atoms with van der Waals surface area (Å²) in [5.74, 6) is 0.348. The molecule has 0 saturated heterocycles. The fraction of sp³-hybridized carbons (Fsp3) is 0.225. The molecule has 5 aromatic carbocycles. The minimum Gasteiger partial charge on any atom is -0.508 e. The first kappa shape index (κ1) is 32.2. The second-order valence-electron chi connectivity index (χ2n) is 11.6. The Labute approximate surface area is 269 Å². The molecule has 0 fully saturated rings. The van der Waals surface area contributed by atoms with Crippen molar-refractivity contribution in [3.05, 3.63) is 126 Å². The van der Waals surface area contributed by atoms with E-state index in [1.165, 1.54) is 0 Å². The molecule has 5 aromatic rings. The third kappa shape index (κ3) is 8.27. The molecule has 0 aromatic heterocycles. The molecule has 5 rings (SSSR count). The number of unbranched alkanes of at least 4 members (excludes halogenated alkanes) is 3. The van der Waals surface area contributed by atoms with Crippen molar-refractivity contribution in [2.45, 2.75) is 51.4 Å². The number of hydrogen-bond donors (Lipinski definition) is 4. The third-order valence-corrected chi connectivity index (χ3v) is 8.21. The monoisotopic (exact) mass is 616 g/mol. The van der Waals surface area contributed by atoms with Gasteiger partial charge in [0.2, 0.25) is 0 Å². The number of phenolic OH excluding ortho intramolecular Hbond substituents is 4. The van der Waals surface area contributed by atoms with Gasteiger partial charge in [0.15, 0.2) is 17.3 Å². The quantitative estimate of drug-likeness (QED) is 0.0733. The molecule has 0 aliphatic heterocycles. The van der Waals surface area contributed by atoms with Crippen molar-refractivity contribution in [2.24, 2.45) is 0 Å². The van der Waals surface area contributed by atoms with Gasteiger partial charge < -0.3 is 25.2 Å². The summed E-state index contributed by atoms with van der Waals surface area (Å²) >= 11 is 0. The van der Waals surface area contributed by atoms with Crippen LogP contribution < -0.4 is 4.74 Å². The Balaban J connectivity index is 1.35. The van der Waals surface area contributed by atoms with Gasteiger partial charge in [0.1, 0.15) is 17.2 Å². The Morgan fingerprint density at radius 2 is 1.50 bits per heavy atom. The SMILES string of the molecule is CCCCCC=CC(=O)[C@H](Cc1ccc(O)c(OCCc2ccc(O)cc2-c2ccc(O)cc2)c1)c1ccc2ccc(O)cc2c1. The van der Waals surface area contributed by atoms with Gasteiger partial charge in [-0.15, -0.1) is 0 Å². The lowest BCUT2D eigenvalue weighted by atomic mass is 9.87. The van der Waals surface area contributed by atoms with Crippen LogP contribution in [0, 0.1) is 0 Å². The zero-order valence-electron chi connectivity index (χ0n) is 26.0. The van der Waals surface area contributed by atoms with Crippen LogP contribution in [0.15, 0.2) is 109 Å². The number of benzene rings is 5. The van der Waals surface area contributed by atoms with Crippen LogP contribution in [0.5, 0.6) is 28.7 Å². The minimum absolute atomic E-state index is 0.000588. The van der Waals surface area contributed by atoms with Gasteiger partial charge in [-0.25, -0.2) is 0 Å². The molecule has 6 heteroatoms. The molecule has 0 spiro atoms. The molecular formula is C40H40O6. The first-order valence-corrected chi connectivity index (χ1v) is 15.8. The Morgan fingerprint density at radius 1 is 0.761 bits per heavy atom. The number of rotatable bonds is 14. The predicted molar refractivity (Wildman–Crippen MR) is 183 cm³/mol. The lowest BCUT2D eigenvalue weighted by Gasteiger charge is -2.17. The minimum atomic E-state index is -0.462. The number of ketones is 1. The molecule has 0 saturated carbocycles. The van der Waals surface area contributed by atoms with Crippen molar-refractivity contribution in [3.8, 4) is 39.9 Å². The highest BCUT2D eigenvalue weighted by atomic mass is 16.5. The number of hydrogen-bond acceptors (Lipinski definition) is 6.